The highest BCUT2D eigenvalue weighted by Crippen LogP contribution is 2.37. The van der Waals surface area contributed by atoms with Gasteiger partial charge in [0.1, 0.15) is 11.3 Å². The Balaban J connectivity index is 1.93. The number of carboxylic acid groups (broad SMARTS) is 1. The van der Waals surface area contributed by atoms with E-state index in [9.17, 15) is 14.7 Å². The van der Waals surface area contributed by atoms with Crippen LogP contribution in [0.1, 0.15) is 21.5 Å². The summed E-state index contributed by atoms with van der Waals surface area (Å²) >= 11 is 6.43. The lowest BCUT2D eigenvalue weighted by Gasteiger charge is -2.15. The first-order chi connectivity index (χ1) is 11.9. The third-order valence-corrected chi connectivity index (χ3v) is 4.94. The molecule has 126 valence electrons. The van der Waals surface area contributed by atoms with E-state index in [1.165, 1.54) is 23.1 Å². The monoisotopic (exact) mass is 371 g/mol. The number of hydrogen-bond acceptors (Lipinski definition) is 5. The number of amides is 1. The molecule has 1 aliphatic rings. The Morgan fingerprint density at radius 2 is 1.88 bits per heavy atom. The molecule has 2 aromatic carbocycles. The summed E-state index contributed by atoms with van der Waals surface area (Å²) in [5.41, 5.74) is 2.11. The number of aromatic hydroxyl groups is 1. The topological polar surface area (TPSA) is 77.8 Å². The highest BCUT2D eigenvalue weighted by atomic mass is 32.2. The first kappa shape index (κ1) is 17.2. The fourth-order valence-electron chi connectivity index (χ4n) is 2.34. The molecule has 0 aromatic heterocycles. The fraction of sp³-hybridized carbons (Fsp3) is 0.0556. The van der Waals surface area contributed by atoms with Crippen molar-refractivity contribution in [3.63, 3.8) is 0 Å². The lowest BCUT2D eigenvalue weighted by Crippen LogP contribution is -2.27. The van der Waals surface area contributed by atoms with Crippen LogP contribution in [0, 0.1) is 6.92 Å². The van der Waals surface area contributed by atoms with E-state index in [1.54, 1.807) is 6.08 Å². The maximum Gasteiger partial charge on any atom is 0.339 e. The van der Waals surface area contributed by atoms with E-state index in [1.807, 2.05) is 31.2 Å². The predicted molar refractivity (Wildman–Crippen MR) is 102 cm³/mol. The number of rotatable bonds is 3. The van der Waals surface area contributed by atoms with Gasteiger partial charge in [0.2, 0.25) is 0 Å². The molecule has 0 bridgehead atoms. The predicted octanol–water partition coefficient (Wildman–Crippen LogP) is 3.80. The van der Waals surface area contributed by atoms with Gasteiger partial charge in [0.05, 0.1) is 10.6 Å². The summed E-state index contributed by atoms with van der Waals surface area (Å²) in [7, 11) is 0. The number of hydrogen-bond donors (Lipinski definition) is 2. The normalized spacial score (nSPS) is 15.9. The minimum atomic E-state index is -1.24. The van der Waals surface area contributed by atoms with Crippen LogP contribution in [0.3, 0.4) is 0 Å². The van der Waals surface area contributed by atoms with Gasteiger partial charge < -0.3 is 10.2 Å². The Bertz CT molecular complexity index is 919. The van der Waals surface area contributed by atoms with Crippen LogP contribution in [-0.2, 0) is 4.79 Å². The molecule has 2 N–H and O–H groups in total. The zero-order valence-corrected chi connectivity index (χ0v) is 14.7. The van der Waals surface area contributed by atoms with Crippen molar-refractivity contribution in [2.45, 2.75) is 6.92 Å². The zero-order chi connectivity index (χ0) is 18.1. The van der Waals surface area contributed by atoms with Crippen molar-refractivity contribution in [3.8, 4) is 5.75 Å². The number of thioether (sulfide) groups is 1. The van der Waals surface area contributed by atoms with Crippen molar-refractivity contribution in [3.05, 3.63) is 64.1 Å². The quantitative estimate of drug-likeness (QED) is 0.631. The summed E-state index contributed by atoms with van der Waals surface area (Å²) in [5.74, 6) is -1.96. The molecule has 0 spiro atoms. The SMILES string of the molecule is Cc1ccc(C=C2SC(=S)N(c3ccc(C(=O)O)c(O)c3)C2=O)cc1. The Hall–Kier alpha value is -2.64. The third kappa shape index (κ3) is 3.42. The number of nitrogens with zero attached hydrogens (tertiary/aromatic N) is 1. The van der Waals surface area contributed by atoms with Gasteiger partial charge in [-0.1, -0.05) is 53.8 Å². The van der Waals surface area contributed by atoms with Crippen molar-refractivity contribution < 1.29 is 19.8 Å². The van der Waals surface area contributed by atoms with Crippen LogP contribution in [-0.4, -0.2) is 26.4 Å². The third-order valence-electron chi connectivity index (χ3n) is 3.64. The molecule has 2 aromatic rings. The molecule has 0 aliphatic carbocycles. The van der Waals surface area contributed by atoms with Gasteiger partial charge in [-0.15, -0.1) is 0 Å². The molecule has 3 rings (SSSR count). The summed E-state index contributed by atoms with van der Waals surface area (Å²) in [5, 5.41) is 18.8. The number of carbonyl (C=O) groups is 2. The first-order valence-corrected chi connectivity index (χ1v) is 8.50. The summed E-state index contributed by atoms with van der Waals surface area (Å²) in [4.78, 5) is 25.4. The van der Waals surface area contributed by atoms with Gasteiger partial charge in [0.25, 0.3) is 5.91 Å². The number of aromatic carboxylic acids is 1. The maximum absolute atomic E-state index is 12.7. The van der Waals surface area contributed by atoms with Crippen molar-refractivity contribution in [1.82, 2.24) is 0 Å². The molecule has 1 aliphatic heterocycles. The number of benzene rings is 2. The molecule has 1 saturated heterocycles. The standard InChI is InChI=1S/C18H13NO4S2/c1-10-2-4-11(5-3-10)8-15-16(21)19(18(24)25-15)12-6-7-13(17(22)23)14(20)9-12/h2-9,20H,1H3,(H,22,23). The Kier molecular flexibility index (Phi) is 4.61. The van der Waals surface area contributed by atoms with E-state index in [0.717, 1.165) is 22.9 Å². The van der Waals surface area contributed by atoms with Crippen LogP contribution in [0.5, 0.6) is 5.75 Å². The van der Waals surface area contributed by atoms with E-state index in [4.69, 9.17) is 17.3 Å². The zero-order valence-electron chi connectivity index (χ0n) is 13.1. The molecule has 5 nitrogen and oxygen atoms in total. The summed E-state index contributed by atoms with van der Waals surface area (Å²) in [6.07, 6.45) is 1.75. The smallest absolute Gasteiger partial charge is 0.339 e. The lowest BCUT2D eigenvalue weighted by molar-refractivity contribution is -0.113. The first-order valence-electron chi connectivity index (χ1n) is 7.28. The second kappa shape index (κ2) is 6.70. The second-order valence-electron chi connectivity index (χ2n) is 5.43. The molecule has 1 amide bonds. The van der Waals surface area contributed by atoms with E-state index in [2.05, 4.69) is 0 Å². The van der Waals surface area contributed by atoms with Gasteiger partial charge >= 0.3 is 5.97 Å². The largest absolute Gasteiger partial charge is 0.507 e. The lowest BCUT2D eigenvalue weighted by atomic mass is 10.1. The highest BCUT2D eigenvalue weighted by molar-refractivity contribution is 8.27. The van der Waals surface area contributed by atoms with Crippen molar-refractivity contribution in [1.29, 1.82) is 0 Å². The maximum atomic E-state index is 12.7. The molecular weight excluding hydrogens is 358 g/mol. The molecule has 0 saturated carbocycles. The van der Waals surface area contributed by atoms with Crippen LogP contribution in [0.4, 0.5) is 5.69 Å². The molecule has 0 radical (unpaired) electrons. The van der Waals surface area contributed by atoms with Crippen LogP contribution >= 0.6 is 24.0 Å². The van der Waals surface area contributed by atoms with Gasteiger partial charge in [0.15, 0.2) is 4.32 Å². The molecule has 0 atom stereocenters. The Morgan fingerprint density at radius 3 is 2.48 bits per heavy atom. The number of thiocarbonyl (C=S) groups is 1. The summed E-state index contributed by atoms with van der Waals surface area (Å²) < 4.78 is 0.325. The van der Waals surface area contributed by atoms with Crippen LogP contribution in [0.25, 0.3) is 6.08 Å². The van der Waals surface area contributed by atoms with Crippen LogP contribution < -0.4 is 4.90 Å². The molecule has 25 heavy (non-hydrogen) atoms. The van der Waals surface area contributed by atoms with E-state index in [0.29, 0.717) is 14.9 Å². The second-order valence-corrected chi connectivity index (χ2v) is 7.11. The van der Waals surface area contributed by atoms with Crippen LogP contribution in [0.2, 0.25) is 0 Å². The molecule has 0 unspecified atom stereocenters. The van der Waals surface area contributed by atoms with Crippen molar-refractivity contribution >= 4 is 51.9 Å². The number of phenols is 1. The van der Waals surface area contributed by atoms with Crippen molar-refractivity contribution in [2.24, 2.45) is 0 Å². The van der Waals surface area contributed by atoms with E-state index in [-0.39, 0.29) is 11.5 Å². The molecule has 1 heterocycles. The number of anilines is 1. The van der Waals surface area contributed by atoms with Crippen LogP contribution in [0.15, 0.2) is 47.4 Å². The van der Waals surface area contributed by atoms with E-state index < -0.39 is 11.7 Å². The number of carboxylic acids is 1. The minimum absolute atomic E-state index is 0.232. The Labute approximate surface area is 153 Å². The van der Waals surface area contributed by atoms with Gasteiger partial charge in [0, 0.05) is 6.07 Å². The Morgan fingerprint density at radius 1 is 1.20 bits per heavy atom. The average molecular weight is 371 g/mol. The summed E-state index contributed by atoms with van der Waals surface area (Å²) in [6, 6.07) is 11.6. The van der Waals surface area contributed by atoms with Gasteiger partial charge in [-0.05, 0) is 30.7 Å². The summed E-state index contributed by atoms with van der Waals surface area (Å²) in [6.45, 7) is 1.98. The molecule has 7 heteroatoms. The number of aryl methyl sites for hydroxylation is 1. The van der Waals surface area contributed by atoms with Gasteiger partial charge in [-0.2, -0.15) is 0 Å². The van der Waals surface area contributed by atoms with Gasteiger partial charge in [-0.3, -0.25) is 9.69 Å². The van der Waals surface area contributed by atoms with Gasteiger partial charge in [-0.25, -0.2) is 4.79 Å². The molecule has 1 fully saturated rings. The number of carbonyl (C=O) groups excluding carboxylic acids is 1. The highest BCUT2D eigenvalue weighted by Gasteiger charge is 2.33. The molecular formula is C18H13NO4S2. The minimum Gasteiger partial charge on any atom is -0.507 e. The van der Waals surface area contributed by atoms with E-state index >= 15 is 0 Å². The van der Waals surface area contributed by atoms with Crippen molar-refractivity contribution in [2.75, 3.05) is 4.90 Å². The average Bonchev–Trinajstić information content (AvgIpc) is 2.83. The fourth-order valence-corrected chi connectivity index (χ4v) is 3.64.